The molecule has 0 bridgehead atoms. The number of rotatable bonds is 2. The monoisotopic (exact) mass is 393 g/mol. The molecule has 1 N–H and O–H groups in total. The van der Waals surface area contributed by atoms with Crippen molar-refractivity contribution in [1.82, 2.24) is 14.7 Å². The zero-order valence-corrected chi connectivity index (χ0v) is 16.8. The summed E-state index contributed by atoms with van der Waals surface area (Å²) in [6, 6.07) is 7.30. The van der Waals surface area contributed by atoms with E-state index >= 15 is 0 Å². The fraction of sp³-hybridized carbons (Fsp3) is 0.600. The van der Waals surface area contributed by atoms with Crippen LogP contribution < -0.4 is 0 Å². The Balaban J connectivity index is 1.53. The lowest BCUT2D eigenvalue weighted by molar-refractivity contribution is -0.141. The molecule has 2 saturated heterocycles. The summed E-state index contributed by atoms with van der Waals surface area (Å²) < 4.78 is 0. The lowest BCUT2D eigenvalue weighted by Crippen LogP contribution is -2.50. The predicted octanol–water partition coefficient (Wildman–Crippen LogP) is 2.54. The minimum absolute atomic E-state index is 0.00639. The van der Waals surface area contributed by atoms with Crippen molar-refractivity contribution < 1.29 is 14.7 Å². The summed E-state index contributed by atoms with van der Waals surface area (Å²) in [7, 11) is 3.49. The van der Waals surface area contributed by atoms with Gasteiger partial charge in [-0.05, 0) is 43.4 Å². The van der Waals surface area contributed by atoms with Crippen molar-refractivity contribution in [1.29, 1.82) is 0 Å². The molecule has 3 rings (SSSR count). The molecule has 0 atom stereocenters. The van der Waals surface area contributed by atoms with Gasteiger partial charge in [0.15, 0.2) is 0 Å². The number of urea groups is 1. The molecule has 148 valence electrons. The normalized spacial score (nSPS) is 20.4. The van der Waals surface area contributed by atoms with Crippen molar-refractivity contribution in [3.05, 3.63) is 34.9 Å². The highest BCUT2D eigenvalue weighted by atomic mass is 35.5. The third kappa shape index (κ3) is 4.38. The SMILES string of the molecule is CN(C)C(=O)N1CCC(C(=O)N2CCC(O)(c3ccc(Cl)cc3)CC2)CC1. The van der Waals surface area contributed by atoms with E-state index in [-0.39, 0.29) is 17.9 Å². The largest absolute Gasteiger partial charge is 0.385 e. The van der Waals surface area contributed by atoms with Crippen LogP contribution in [-0.2, 0) is 10.4 Å². The summed E-state index contributed by atoms with van der Waals surface area (Å²) in [4.78, 5) is 30.1. The molecule has 1 aromatic carbocycles. The van der Waals surface area contributed by atoms with Gasteiger partial charge in [0, 0.05) is 51.2 Å². The minimum atomic E-state index is -0.900. The van der Waals surface area contributed by atoms with E-state index in [9.17, 15) is 14.7 Å². The molecule has 0 saturated carbocycles. The standard InChI is InChI=1S/C20H28ClN3O3/c1-22(2)19(26)24-11-7-15(8-12-24)18(25)23-13-9-20(27,10-14-23)16-3-5-17(21)6-4-16/h3-6,15,27H,7-14H2,1-2H3. The second kappa shape index (κ2) is 8.07. The van der Waals surface area contributed by atoms with Gasteiger partial charge >= 0.3 is 6.03 Å². The van der Waals surface area contributed by atoms with E-state index in [1.807, 2.05) is 17.0 Å². The van der Waals surface area contributed by atoms with Crippen LogP contribution in [0, 0.1) is 5.92 Å². The molecule has 6 nitrogen and oxygen atoms in total. The Hall–Kier alpha value is -1.79. The van der Waals surface area contributed by atoms with E-state index in [0.717, 1.165) is 5.56 Å². The van der Waals surface area contributed by atoms with Crippen molar-refractivity contribution in [3.63, 3.8) is 0 Å². The van der Waals surface area contributed by atoms with Crippen molar-refractivity contribution >= 4 is 23.5 Å². The summed E-state index contributed by atoms with van der Waals surface area (Å²) in [5, 5.41) is 11.6. The van der Waals surface area contributed by atoms with E-state index < -0.39 is 5.60 Å². The second-order valence-corrected chi connectivity index (χ2v) is 8.24. The van der Waals surface area contributed by atoms with E-state index in [2.05, 4.69) is 0 Å². The maximum Gasteiger partial charge on any atom is 0.319 e. The molecule has 2 aliphatic heterocycles. The molecule has 2 aliphatic rings. The van der Waals surface area contributed by atoms with Crippen molar-refractivity contribution in [2.75, 3.05) is 40.3 Å². The van der Waals surface area contributed by atoms with Crippen LogP contribution in [0.5, 0.6) is 0 Å². The molecule has 0 spiro atoms. The first-order valence-electron chi connectivity index (χ1n) is 9.53. The Morgan fingerprint density at radius 1 is 1.04 bits per heavy atom. The fourth-order valence-electron chi connectivity index (χ4n) is 4.00. The highest BCUT2D eigenvalue weighted by Crippen LogP contribution is 2.34. The second-order valence-electron chi connectivity index (χ2n) is 7.80. The van der Waals surface area contributed by atoms with E-state index in [4.69, 9.17) is 11.6 Å². The number of amides is 3. The van der Waals surface area contributed by atoms with E-state index in [1.54, 1.807) is 36.0 Å². The fourth-order valence-corrected chi connectivity index (χ4v) is 4.13. The number of aliphatic hydroxyl groups is 1. The van der Waals surface area contributed by atoms with Crippen LogP contribution in [0.25, 0.3) is 0 Å². The van der Waals surface area contributed by atoms with Gasteiger partial charge < -0.3 is 19.8 Å². The zero-order chi connectivity index (χ0) is 19.6. The molecule has 3 amide bonds. The Morgan fingerprint density at radius 2 is 1.59 bits per heavy atom. The van der Waals surface area contributed by atoms with Gasteiger partial charge in [-0.3, -0.25) is 4.79 Å². The number of benzene rings is 1. The third-order valence-electron chi connectivity index (χ3n) is 5.78. The zero-order valence-electron chi connectivity index (χ0n) is 16.0. The topological polar surface area (TPSA) is 64.1 Å². The molecule has 27 heavy (non-hydrogen) atoms. The first-order valence-corrected chi connectivity index (χ1v) is 9.91. The first kappa shape index (κ1) is 20.0. The van der Waals surface area contributed by atoms with Crippen LogP contribution >= 0.6 is 11.6 Å². The number of carbonyl (C=O) groups excluding carboxylic acids is 2. The first-order chi connectivity index (χ1) is 12.8. The summed E-state index contributed by atoms with van der Waals surface area (Å²) >= 11 is 5.93. The van der Waals surface area contributed by atoms with Gasteiger partial charge in [0.25, 0.3) is 0 Å². The molecule has 0 aliphatic carbocycles. The van der Waals surface area contributed by atoms with Crippen molar-refractivity contribution in [3.8, 4) is 0 Å². The maximum atomic E-state index is 12.9. The Kier molecular flexibility index (Phi) is 5.96. The molecule has 0 radical (unpaired) electrons. The smallest absolute Gasteiger partial charge is 0.319 e. The van der Waals surface area contributed by atoms with Crippen LogP contribution in [0.2, 0.25) is 5.02 Å². The van der Waals surface area contributed by atoms with Gasteiger partial charge in [0.2, 0.25) is 5.91 Å². The van der Waals surface area contributed by atoms with Gasteiger partial charge in [0.1, 0.15) is 0 Å². The molecule has 0 aromatic heterocycles. The highest BCUT2D eigenvalue weighted by molar-refractivity contribution is 6.30. The van der Waals surface area contributed by atoms with Gasteiger partial charge in [0.05, 0.1) is 5.60 Å². The third-order valence-corrected chi connectivity index (χ3v) is 6.03. The lowest BCUT2D eigenvalue weighted by atomic mass is 9.84. The number of hydrogen-bond donors (Lipinski definition) is 1. The van der Waals surface area contributed by atoms with Crippen LogP contribution in [-0.4, -0.2) is 72.0 Å². The van der Waals surface area contributed by atoms with Gasteiger partial charge in [-0.15, -0.1) is 0 Å². The Bertz CT molecular complexity index is 676. The average Bonchev–Trinajstić information content (AvgIpc) is 2.68. The number of likely N-dealkylation sites (tertiary alicyclic amines) is 2. The van der Waals surface area contributed by atoms with Gasteiger partial charge in [-0.2, -0.15) is 0 Å². The molecule has 7 heteroatoms. The van der Waals surface area contributed by atoms with E-state index in [1.165, 1.54) is 0 Å². The molecular formula is C20H28ClN3O3. The van der Waals surface area contributed by atoms with Crippen LogP contribution in [0.15, 0.2) is 24.3 Å². The van der Waals surface area contributed by atoms with Crippen molar-refractivity contribution in [2.24, 2.45) is 5.92 Å². The molecule has 2 heterocycles. The summed E-state index contributed by atoms with van der Waals surface area (Å²) in [5.41, 5.74) is -0.0439. The lowest BCUT2D eigenvalue weighted by Gasteiger charge is -2.41. The summed E-state index contributed by atoms with van der Waals surface area (Å²) in [6.45, 7) is 2.34. The predicted molar refractivity (Wildman–Crippen MR) is 105 cm³/mol. The highest BCUT2D eigenvalue weighted by Gasteiger charge is 2.38. The van der Waals surface area contributed by atoms with Crippen LogP contribution in [0.1, 0.15) is 31.2 Å². The van der Waals surface area contributed by atoms with Gasteiger partial charge in [-0.25, -0.2) is 4.79 Å². The summed E-state index contributed by atoms with van der Waals surface area (Å²) in [6.07, 6.45) is 2.46. The molecule has 1 aromatic rings. The minimum Gasteiger partial charge on any atom is -0.385 e. The number of piperidine rings is 2. The molecular weight excluding hydrogens is 366 g/mol. The molecule has 0 unspecified atom stereocenters. The quantitative estimate of drug-likeness (QED) is 0.839. The maximum absolute atomic E-state index is 12.9. The van der Waals surface area contributed by atoms with Crippen LogP contribution in [0.4, 0.5) is 4.79 Å². The number of carbonyl (C=O) groups is 2. The van der Waals surface area contributed by atoms with Crippen LogP contribution in [0.3, 0.4) is 0 Å². The van der Waals surface area contributed by atoms with Crippen molar-refractivity contribution in [2.45, 2.75) is 31.3 Å². The average molecular weight is 394 g/mol. The number of hydrogen-bond acceptors (Lipinski definition) is 3. The van der Waals surface area contributed by atoms with Gasteiger partial charge in [-0.1, -0.05) is 23.7 Å². The Labute approximate surface area is 165 Å². The number of nitrogens with zero attached hydrogens (tertiary/aromatic N) is 3. The van der Waals surface area contributed by atoms with E-state index in [0.29, 0.717) is 56.9 Å². The number of halogens is 1. The Morgan fingerprint density at radius 3 is 2.11 bits per heavy atom. The molecule has 2 fully saturated rings. The summed E-state index contributed by atoms with van der Waals surface area (Å²) in [5.74, 6) is 0.128.